The Kier molecular flexibility index (Phi) is 7.30. The molecule has 3 nitrogen and oxygen atoms in total. The average molecular weight is 250 g/mol. The molecule has 0 bridgehead atoms. The molecule has 0 saturated carbocycles. The Balaban J connectivity index is 2.20. The summed E-state index contributed by atoms with van der Waals surface area (Å²) in [6.07, 6.45) is 4.25. The number of unbranched alkanes of at least 4 members (excludes halogenated alkanes) is 4. The van der Waals surface area contributed by atoms with Crippen LogP contribution in [0.15, 0.2) is 30.3 Å². The van der Waals surface area contributed by atoms with E-state index in [9.17, 15) is 9.90 Å². The molecule has 1 N–H and O–H groups in total. The topological polar surface area (TPSA) is 46.5 Å². The quantitative estimate of drug-likeness (QED) is 0.416. The summed E-state index contributed by atoms with van der Waals surface area (Å²) in [5, 5.41) is 9.60. The number of aliphatic hydroxyl groups is 1. The van der Waals surface area contributed by atoms with Gasteiger partial charge in [-0.05, 0) is 6.42 Å². The summed E-state index contributed by atoms with van der Waals surface area (Å²) in [6, 6.07) is 8.72. The molecule has 18 heavy (non-hydrogen) atoms. The van der Waals surface area contributed by atoms with Crippen molar-refractivity contribution < 1.29 is 14.6 Å². The molecule has 0 saturated heterocycles. The molecule has 0 spiro atoms. The lowest BCUT2D eigenvalue weighted by Gasteiger charge is -2.10. The van der Waals surface area contributed by atoms with Crippen LogP contribution in [-0.2, 0) is 4.74 Å². The smallest absolute Gasteiger partial charge is 0.220 e. The van der Waals surface area contributed by atoms with Crippen LogP contribution in [0.5, 0.6) is 0 Å². The van der Waals surface area contributed by atoms with Crippen LogP contribution in [0.25, 0.3) is 0 Å². The van der Waals surface area contributed by atoms with Crippen LogP contribution in [-0.4, -0.2) is 23.8 Å². The molecule has 100 valence electrons. The molecule has 0 radical (unpaired) electrons. The van der Waals surface area contributed by atoms with Gasteiger partial charge in [0.05, 0.1) is 6.61 Å². The molecule has 0 amide bonds. The maximum Gasteiger partial charge on any atom is 0.220 e. The van der Waals surface area contributed by atoms with Crippen molar-refractivity contribution in [1.82, 2.24) is 0 Å². The zero-order valence-corrected chi connectivity index (χ0v) is 11.0. The van der Waals surface area contributed by atoms with Gasteiger partial charge in [0.15, 0.2) is 0 Å². The highest BCUT2D eigenvalue weighted by Gasteiger charge is 2.16. The van der Waals surface area contributed by atoms with E-state index < -0.39 is 6.29 Å². The highest BCUT2D eigenvalue weighted by Crippen LogP contribution is 2.07. The molecule has 1 atom stereocenters. The fourth-order valence-electron chi connectivity index (χ4n) is 1.72. The molecule has 0 fully saturated rings. The van der Waals surface area contributed by atoms with Crippen LogP contribution in [0.2, 0.25) is 0 Å². The first-order valence-corrected chi connectivity index (χ1v) is 6.64. The molecule has 0 aliphatic carbocycles. The van der Waals surface area contributed by atoms with E-state index in [1.54, 1.807) is 24.3 Å². The van der Waals surface area contributed by atoms with Gasteiger partial charge in [0.2, 0.25) is 12.1 Å². The third kappa shape index (κ3) is 5.43. The molecule has 1 unspecified atom stereocenters. The fraction of sp³-hybridized carbons (Fsp3) is 0.533. The van der Waals surface area contributed by atoms with Crippen molar-refractivity contribution in [2.24, 2.45) is 0 Å². The van der Waals surface area contributed by atoms with Gasteiger partial charge in [-0.25, -0.2) is 0 Å². The average Bonchev–Trinajstić information content (AvgIpc) is 2.42. The van der Waals surface area contributed by atoms with Gasteiger partial charge >= 0.3 is 0 Å². The number of benzene rings is 1. The van der Waals surface area contributed by atoms with E-state index in [4.69, 9.17) is 4.74 Å². The van der Waals surface area contributed by atoms with E-state index in [1.807, 2.05) is 6.07 Å². The Morgan fingerprint density at radius 3 is 2.50 bits per heavy atom. The molecule has 1 aromatic carbocycles. The highest BCUT2D eigenvalue weighted by atomic mass is 16.6. The fourth-order valence-corrected chi connectivity index (χ4v) is 1.72. The Morgan fingerprint density at radius 2 is 1.83 bits per heavy atom. The zero-order chi connectivity index (χ0) is 13.2. The van der Waals surface area contributed by atoms with Gasteiger partial charge in [0.25, 0.3) is 0 Å². The first-order valence-electron chi connectivity index (χ1n) is 6.64. The molecule has 0 heterocycles. The minimum Gasteiger partial charge on any atom is -0.362 e. The van der Waals surface area contributed by atoms with Crippen molar-refractivity contribution in [3.63, 3.8) is 0 Å². The molecular formula is C15H22O3. The maximum absolute atomic E-state index is 11.7. The molecule has 3 heteroatoms. The molecule has 1 aromatic rings. The predicted molar refractivity (Wildman–Crippen MR) is 71.5 cm³/mol. The Bertz CT molecular complexity index is 335. The van der Waals surface area contributed by atoms with Gasteiger partial charge in [-0.3, -0.25) is 4.79 Å². The summed E-state index contributed by atoms with van der Waals surface area (Å²) in [7, 11) is 0. The number of Topliss-reactive ketones (excluding diaryl/α,β-unsaturated/α-hetero) is 1. The minimum atomic E-state index is -1.33. The van der Waals surface area contributed by atoms with Gasteiger partial charge in [-0.1, -0.05) is 62.9 Å². The summed E-state index contributed by atoms with van der Waals surface area (Å²) in [5.74, 6) is -0.371. The van der Waals surface area contributed by atoms with Crippen molar-refractivity contribution >= 4 is 5.78 Å². The number of ether oxygens (including phenoxy) is 1. The summed E-state index contributed by atoms with van der Waals surface area (Å²) >= 11 is 0. The third-order valence-electron chi connectivity index (χ3n) is 2.81. The first-order chi connectivity index (χ1) is 8.75. The lowest BCUT2D eigenvalue weighted by atomic mass is 10.1. The first kappa shape index (κ1) is 14.9. The monoisotopic (exact) mass is 250 g/mol. The van der Waals surface area contributed by atoms with E-state index >= 15 is 0 Å². The predicted octanol–water partition coefficient (Wildman–Crippen LogP) is 3.17. The van der Waals surface area contributed by atoms with E-state index in [2.05, 4.69) is 6.92 Å². The van der Waals surface area contributed by atoms with E-state index in [0.717, 1.165) is 12.8 Å². The van der Waals surface area contributed by atoms with Crippen LogP contribution in [0.4, 0.5) is 0 Å². The van der Waals surface area contributed by atoms with Crippen molar-refractivity contribution in [2.45, 2.75) is 45.3 Å². The van der Waals surface area contributed by atoms with Crippen LogP contribution in [0, 0.1) is 0 Å². The highest BCUT2D eigenvalue weighted by molar-refractivity contribution is 5.98. The number of ketones is 1. The summed E-state index contributed by atoms with van der Waals surface area (Å²) < 4.78 is 5.14. The van der Waals surface area contributed by atoms with E-state index in [-0.39, 0.29) is 5.78 Å². The van der Waals surface area contributed by atoms with E-state index in [1.165, 1.54) is 19.3 Å². The Labute approximate surface area is 109 Å². The van der Waals surface area contributed by atoms with Crippen LogP contribution in [0.3, 0.4) is 0 Å². The van der Waals surface area contributed by atoms with Crippen LogP contribution in [0.1, 0.15) is 49.4 Å². The number of hydrogen-bond donors (Lipinski definition) is 1. The summed E-state index contributed by atoms with van der Waals surface area (Å²) in [4.78, 5) is 11.7. The summed E-state index contributed by atoms with van der Waals surface area (Å²) in [5.41, 5.74) is 0.482. The van der Waals surface area contributed by atoms with Crippen molar-refractivity contribution in [1.29, 1.82) is 0 Å². The van der Waals surface area contributed by atoms with Crippen molar-refractivity contribution in [2.75, 3.05) is 6.61 Å². The second kappa shape index (κ2) is 8.84. The van der Waals surface area contributed by atoms with Crippen molar-refractivity contribution in [3.05, 3.63) is 35.9 Å². The molecule has 0 aromatic heterocycles. The van der Waals surface area contributed by atoms with Gasteiger partial charge in [-0.15, -0.1) is 0 Å². The van der Waals surface area contributed by atoms with Gasteiger partial charge in [0, 0.05) is 5.56 Å². The lowest BCUT2D eigenvalue weighted by Crippen LogP contribution is -2.24. The number of hydrogen-bond acceptors (Lipinski definition) is 3. The number of carbonyl (C=O) groups excluding carboxylic acids is 1. The van der Waals surface area contributed by atoms with Gasteiger partial charge in [-0.2, -0.15) is 0 Å². The van der Waals surface area contributed by atoms with Crippen LogP contribution >= 0.6 is 0 Å². The second-order valence-corrected chi connectivity index (χ2v) is 4.37. The molecule has 1 rings (SSSR count). The number of rotatable bonds is 9. The largest absolute Gasteiger partial charge is 0.362 e. The Morgan fingerprint density at radius 1 is 1.17 bits per heavy atom. The van der Waals surface area contributed by atoms with E-state index in [0.29, 0.717) is 12.2 Å². The standard InChI is InChI=1S/C15H22O3/c1-2-3-4-5-9-12-18-15(17)14(16)13-10-7-6-8-11-13/h6-8,10-11,15,17H,2-5,9,12H2,1H3. The van der Waals surface area contributed by atoms with Gasteiger partial charge in [0.1, 0.15) is 0 Å². The van der Waals surface area contributed by atoms with Gasteiger partial charge < -0.3 is 9.84 Å². The second-order valence-electron chi connectivity index (χ2n) is 4.37. The zero-order valence-electron chi connectivity index (χ0n) is 11.0. The SMILES string of the molecule is CCCCCCCOC(O)C(=O)c1ccccc1. The molecular weight excluding hydrogens is 228 g/mol. The normalized spacial score (nSPS) is 12.3. The van der Waals surface area contributed by atoms with Crippen molar-refractivity contribution in [3.8, 4) is 0 Å². The maximum atomic E-state index is 11.7. The summed E-state index contributed by atoms with van der Waals surface area (Å²) in [6.45, 7) is 2.60. The molecule has 0 aliphatic heterocycles. The molecule has 0 aliphatic rings. The lowest BCUT2D eigenvalue weighted by molar-refractivity contribution is -0.0729. The number of carbonyl (C=O) groups is 1. The van der Waals surface area contributed by atoms with Crippen LogP contribution < -0.4 is 0 Å². The minimum absolute atomic E-state index is 0.371. The Hall–Kier alpha value is -1.19. The number of aliphatic hydroxyl groups excluding tert-OH is 1. The third-order valence-corrected chi connectivity index (χ3v) is 2.81.